The highest BCUT2D eigenvalue weighted by Crippen LogP contribution is 2.13. The molecule has 0 aliphatic carbocycles. The van der Waals surface area contributed by atoms with Gasteiger partial charge in [-0.05, 0) is 24.5 Å². The Morgan fingerprint density at radius 3 is 2.62 bits per heavy atom. The Hall–Kier alpha value is -1.71. The molecule has 0 spiro atoms. The van der Waals surface area contributed by atoms with E-state index in [1.165, 1.54) is 6.33 Å². The second-order valence-electron chi connectivity index (χ2n) is 4.11. The van der Waals surface area contributed by atoms with Crippen molar-refractivity contribution in [3.63, 3.8) is 0 Å². The average Bonchev–Trinajstić information content (AvgIpc) is 2.26. The van der Waals surface area contributed by atoms with Gasteiger partial charge < -0.3 is 5.32 Å². The lowest BCUT2D eigenvalue weighted by Gasteiger charge is -2.21. The van der Waals surface area contributed by atoms with Crippen LogP contribution < -0.4 is 5.32 Å². The van der Waals surface area contributed by atoms with Crippen LogP contribution in [0.5, 0.6) is 0 Å². The molecule has 4 heteroatoms. The van der Waals surface area contributed by atoms with Gasteiger partial charge in [-0.2, -0.15) is 0 Å². The van der Waals surface area contributed by atoms with Crippen LogP contribution in [0.3, 0.4) is 0 Å². The minimum absolute atomic E-state index is 0.0219. The van der Waals surface area contributed by atoms with Crippen LogP contribution in [0, 0.1) is 5.92 Å². The molecular weight excluding hydrogens is 202 g/mol. The van der Waals surface area contributed by atoms with E-state index in [2.05, 4.69) is 21.9 Å². The highest BCUT2D eigenvalue weighted by atomic mass is 16.1. The van der Waals surface area contributed by atoms with Gasteiger partial charge in [0, 0.05) is 6.20 Å². The van der Waals surface area contributed by atoms with Crippen LogP contribution in [0.1, 0.15) is 20.8 Å². The molecule has 0 bridgehead atoms. The summed E-state index contributed by atoms with van der Waals surface area (Å²) in [4.78, 5) is 19.7. The lowest BCUT2D eigenvalue weighted by Crippen LogP contribution is -2.35. The van der Waals surface area contributed by atoms with Gasteiger partial charge in [0.25, 0.3) is 0 Å². The van der Waals surface area contributed by atoms with Gasteiger partial charge >= 0.3 is 0 Å². The van der Waals surface area contributed by atoms with E-state index in [4.69, 9.17) is 0 Å². The lowest BCUT2D eigenvalue weighted by molar-refractivity contribution is -0.117. The molecule has 0 radical (unpaired) electrons. The molecule has 0 aliphatic rings. The molecule has 1 heterocycles. The maximum Gasteiger partial charge on any atom is 0.180 e. The van der Waals surface area contributed by atoms with Crippen molar-refractivity contribution in [1.29, 1.82) is 0 Å². The van der Waals surface area contributed by atoms with Gasteiger partial charge in [0.15, 0.2) is 5.78 Å². The first kappa shape index (κ1) is 12.4. The lowest BCUT2D eigenvalue weighted by atomic mass is 9.96. The first-order chi connectivity index (χ1) is 7.52. The maximum absolute atomic E-state index is 11.9. The van der Waals surface area contributed by atoms with Crippen molar-refractivity contribution in [2.75, 3.05) is 5.32 Å². The second-order valence-corrected chi connectivity index (χ2v) is 4.11. The molecule has 0 aromatic carbocycles. The minimum Gasteiger partial charge on any atom is -0.360 e. The Balaban J connectivity index is 2.81. The summed E-state index contributed by atoms with van der Waals surface area (Å²) in [5.74, 6) is 0.857. The van der Waals surface area contributed by atoms with Crippen LogP contribution in [0.25, 0.3) is 0 Å². The Bertz CT molecular complexity index is 373. The highest BCUT2D eigenvalue weighted by Gasteiger charge is 2.22. The van der Waals surface area contributed by atoms with E-state index in [1.54, 1.807) is 19.2 Å². The molecule has 0 aliphatic heterocycles. The van der Waals surface area contributed by atoms with Gasteiger partial charge in [-0.1, -0.05) is 20.4 Å². The number of aromatic nitrogens is 2. The summed E-state index contributed by atoms with van der Waals surface area (Å²) in [6.45, 7) is 9.37. The van der Waals surface area contributed by atoms with E-state index < -0.39 is 0 Å². The van der Waals surface area contributed by atoms with Gasteiger partial charge in [-0.25, -0.2) is 9.97 Å². The zero-order valence-electron chi connectivity index (χ0n) is 9.90. The quantitative estimate of drug-likeness (QED) is 0.770. The summed E-state index contributed by atoms with van der Waals surface area (Å²) in [7, 11) is 0. The molecule has 0 saturated heterocycles. The van der Waals surface area contributed by atoms with Gasteiger partial charge in [0.2, 0.25) is 0 Å². The molecule has 0 fully saturated rings. The molecular formula is C12H17N3O. The predicted molar refractivity (Wildman–Crippen MR) is 64.1 cm³/mol. The van der Waals surface area contributed by atoms with Gasteiger partial charge in [-0.3, -0.25) is 4.79 Å². The number of carbonyl (C=O) groups is 1. The number of ketones is 1. The molecule has 1 aromatic rings. The van der Waals surface area contributed by atoms with Crippen molar-refractivity contribution in [2.24, 2.45) is 5.92 Å². The van der Waals surface area contributed by atoms with Crippen LogP contribution in [0.15, 0.2) is 30.7 Å². The van der Waals surface area contributed by atoms with Crippen LogP contribution >= 0.6 is 0 Å². The Morgan fingerprint density at radius 1 is 1.50 bits per heavy atom. The monoisotopic (exact) mass is 219 g/mol. The molecule has 1 unspecified atom stereocenters. The Labute approximate surface area is 95.8 Å². The van der Waals surface area contributed by atoms with Crippen LogP contribution in [-0.4, -0.2) is 21.8 Å². The summed E-state index contributed by atoms with van der Waals surface area (Å²) < 4.78 is 0. The summed E-state index contributed by atoms with van der Waals surface area (Å²) in [5, 5.41) is 3.10. The van der Waals surface area contributed by atoms with Crippen molar-refractivity contribution in [1.82, 2.24) is 9.97 Å². The number of hydrogen-bond acceptors (Lipinski definition) is 4. The van der Waals surface area contributed by atoms with Crippen LogP contribution in [0.2, 0.25) is 0 Å². The SMILES string of the molecule is C=C(C)C(=O)C(Nc1ccncn1)C(C)C. The molecule has 0 saturated carbocycles. The third-order valence-electron chi connectivity index (χ3n) is 2.26. The molecule has 16 heavy (non-hydrogen) atoms. The third-order valence-corrected chi connectivity index (χ3v) is 2.26. The summed E-state index contributed by atoms with van der Waals surface area (Å²) in [5.41, 5.74) is 0.556. The van der Waals surface area contributed by atoms with Crippen molar-refractivity contribution in [2.45, 2.75) is 26.8 Å². The Kier molecular flexibility index (Phi) is 4.17. The third kappa shape index (κ3) is 3.15. The molecule has 1 aromatic heterocycles. The van der Waals surface area contributed by atoms with Crippen molar-refractivity contribution in [3.05, 3.63) is 30.7 Å². The summed E-state index contributed by atoms with van der Waals surface area (Å²) >= 11 is 0. The van der Waals surface area contributed by atoms with Crippen molar-refractivity contribution < 1.29 is 4.79 Å². The van der Waals surface area contributed by atoms with Gasteiger partial charge in [0.1, 0.15) is 12.1 Å². The molecule has 4 nitrogen and oxygen atoms in total. The smallest absolute Gasteiger partial charge is 0.180 e. The first-order valence-electron chi connectivity index (χ1n) is 5.24. The standard InChI is InChI=1S/C12H17N3O/c1-8(2)11(12(16)9(3)4)15-10-5-6-13-7-14-10/h5-8,11H,3H2,1-2,4H3,(H,13,14,15). The number of hydrogen-bond donors (Lipinski definition) is 1. The minimum atomic E-state index is -0.285. The first-order valence-corrected chi connectivity index (χ1v) is 5.24. The fraction of sp³-hybridized carbons (Fsp3) is 0.417. The van der Waals surface area contributed by atoms with Crippen LogP contribution in [0.4, 0.5) is 5.82 Å². The topological polar surface area (TPSA) is 54.9 Å². The fourth-order valence-electron chi connectivity index (χ4n) is 1.34. The number of nitrogens with one attached hydrogen (secondary N) is 1. The summed E-state index contributed by atoms with van der Waals surface area (Å²) in [6.07, 6.45) is 3.09. The van der Waals surface area contributed by atoms with Crippen molar-refractivity contribution in [3.8, 4) is 0 Å². The van der Waals surface area contributed by atoms with Crippen molar-refractivity contribution >= 4 is 11.6 Å². The predicted octanol–water partition coefficient (Wildman–Crippen LogP) is 2.06. The zero-order valence-corrected chi connectivity index (χ0v) is 9.90. The fourth-order valence-corrected chi connectivity index (χ4v) is 1.34. The highest BCUT2D eigenvalue weighted by molar-refractivity contribution is 6.00. The van der Waals surface area contributed by atoms with E-state index in [1.807, 2.05) is 13.8 Å². The molecule has 1 atom stereocenters. The zero-order chi connectivity index (χ0) is 12.1. The number of rotatable bonds is 5. The largest absolute Gasteiger partial charge is 0.360 e. The van der Waals surface area contributed by atoms with Crippen LogP contribution in [-0.2, 0) is 4.79 Å². The van der Waals surface area contributed by atoms with E-state index >= 15 is 0 Å². The second kappa shape index (κ2) is 5.39. The van der Waals surface area contributed by atoms with E-state index in [0.717, 1.165) is 0 Å². The van der Waals surface area contributed by atoms with E-state index in [0.29, 0.717) is 11.4 Å². The average molecular weight is 219 g/mol. The molecule has 0 amide bonds. The van der Waals surface area contributed by atoms with E-state index in [9.17, 15) is 4.79 Å². The number of Topliss-reactive ketones (excluding diaryl/α,β-unsaturated/α-hetero) is 1. The number of anilines is 1. The van der Waals surface area contributed by atoms with Gasteiger partial charge in [-0.15, -0.1) is 0 Å². The van der Waals surface area contributed by atoms with Gasteiger partial charge in [0.05, 0.1) is 6.04 Å². The molecule has 1 rings (SSSR count). The molecule has 1 N–H and O–H groups in total. The van der Waals surface area contributed by atoms with E-state index in [-0.39, 0.29) is 17.7 Å². The maximum atomic E-state index is 11.9. The summed E-state index contributed by atoms with van der Waals surface area (Å²) in [6, 6.07) is 1.45. The normalized spacial score (nSPS) is 12.2. The number of carbonyl (C=O) groups excluding carboxylic acids is 1. The number of nitrogens with zero attached hydrogens (tertiary/aromatic N) is 2. The molecule has 86 valence electrons. The Morgan fingerprint density at radius 2 is 2.19 bits per heavy atom.